The molecule has 1 aliphatic heterocycles. The fraction of sp³-hybridized carbons (Fsp3) is 0.294. The van der Waals surface area contributed by atoms with Gasteiger partial charge in [-0.2, -0.15) is 0 Å². The molecule has 1 aliphatic rings. The molecule has 0 spiro atoms. The summed E-state index contributed by atoms with van der Waals surface area (Å²) in [6.07, 6.45) is 1.20. The van der Waals surface area contributed by atoms with Crippen molar-refractivity contribution in [2.45, 2.75) is 18.4 Å². The molecule has 2 aromatic carbocycles. The number of nitrogens with one attached hydrogen (secondary N) is 1. The fourth-order valence-corrected chi connectivity index (χ4v) is 2.90. The molecule has 0 aliphatic carbocycles. The Balaban J connectivity index is 0.00000161. The predicted molar refractivity (Wildman–Crippen MR) is 89.8 cm³/mol. The van der Waals surface area contributed by atoms with E-state index in [9.17, 15) is 0 Å². The highest BCUT2D eigenvalue weighted by atomic mass is 35.5. The van der Waals surface area contributed by atoms with E-state index in [1.54, 1.807) is 0 Å². The van der Waals surface area contributed by atoms with Crippen molar-refractivity contribution < 1.29 is 4.74 Å². The topological polar surface area (TPSA) is 21.3 Å². The van der Waals surface area contributed by atoms with Crippen molar-refractivity contribution >= 4 is 24.0 Å². The summed E-state index contributed by atoms with van der Waals surface area (Å²) in [5, 5.41) is 4.17. The van der Waals surface area contributed by atoms with Crippen LogP contribution in [0.5, 0.6) is 5.75 Å². The minimum atomic E-state index is 0. The zero-order valence-corrected chi connectivity index (χ0v) is 13.2. The largest absolute Gasteiger partial charge is 0.490 e. The minimum absolute atomic E-state index is 0. The predicted octanol–water partition coefficient (Wildman–Crippen LogP) is 4.29. The van der Waals surface area contributed by atoms with E-state index >= 15 is 0 Å². The van der Waals surface area contributed by atoms with Gasteiger partial charge >= 0.3 is 0 Å². The van der Waals surface area contributed by atoms with Crippen molar-refractivity contribution in [2.24, 2.45) is 0 Å². The second-order valence-corrected chi connectivity index (χ2v) is 5.56. The van der Waals surface area contributed by atoms with Gasteiger partial charge in [-0.25, -0.2) is 0 Å². The van der Waals surface area contributed by atoms with E-state index in [4.69, 9.17) is 16.3 Å². The van der Waals surface area contributed by atoms with Crippen LogP contribution in [-0.4, -0.2) is 19.2 Å². The van der Waals surface area contributed by atoms with Crippen molar-refractivity contribution in [2.75, 3.05) is 13.1 Å². The third kappa shape index (κ3) is 4.13. The molecule has 1 N–H and O–H groups in total. The Morgan fingerprint density at radius 1 is 1.05 bits per heavy atom. The summed E-state index contributed by atoms with van der Waals surface area (Å²) in [6.45, 7) is 1.95. The first-order valence-corrected chi connectivity index (χ1v) is 7.38. The number of halogens is 2. The molecule has 3 rings (SSSR count). The zero-order valence-electron chi connectivity index (χ0n) is 11.7. The molecular weight excluding hydrogens is 305 g/mol. The molecule has 1 fully saturated rings. The Bertz CT molecular complexity index is 562. The molecule has 4 heteroatoms. The summed E-state index contributed by atoms with van der Waals surface area (Å²) in [5.74, 6) is 1.23. The van der Waals surface area contributed by atoms with Crippen LogP contribution in [0.2, 0.25) is 5.02 Å². The zero-order chi connectivity index (χ0) is 13.8. The van der Waals surface area contributed by atoms with Crippen LogP contribution in [0, 0.1) is 0 Å². The van der Waals surface area contributed by atoms with E-state index in [0.29, 0.717) is 10.9 Å². The third-order valence-corrected chi connectivity index (χ3v) is 3.97. The van der Waals surface area contributed by atoms with E-state index in [1.165, 1.54) is 5.56 Å². The lowest BCUT2D eigenvalue weighted by Gasteiger charge is -2.33. The number of benzene rings is 2. The molecule has 0 bridgehead atoms. The molecule has 112 valence electrons. The van der Waals surface area contributed by atoms with Crippen LogP contribution in [0.25, 0.3) is 0 Å². The molecule has 2 nitrogen and oxygen atoms in total. The van der Waals surface area contributed by atoms with Gasteiger partial charge in [0.15, 0.2) is 0 Å². The van der Waals surface area contributed by atoms with Gasteiger partial charge in [0.1, 0.15) is 11.9 Å². The first kappa shape index (κ1) is 16.2. The lowest BCUT2D eigenvalue weighted by molar-refractivity contribution is 0.138. The summed E-state index contributed by atoms with van der Waals surface area (Å²) in [7, 11) is 0. The Hall–Kier alpha value is -1.22. The van der Waals surface area contributed by atoms with Gasteiger partial charge in [0.2, 0.25) is 0 Å². The molecule has 1 heterocycles. The fourth-order valence-electron chi connectivity index (χ4n) is 2.72. The van der Waals surface area contributed by atoms with E-state index in [1.807, 2.05) is 30.3 Å². The summed E-state index contributed by atoms with van der Waals surface area (Å²) in [6, 6.07) is 18.2. The maximum atomic E-state index is 6.18. The highest BCUT2D eigenvalue weighted by Crippen LogP contribution is 2.28. The van der Waals surface area contributed by atoms with Crippen LogP contribution < -0.4 is 10.1 Å². The Kier molecular flexibility index (Phi) is 5.92. The van der Waals surface area contributed by atoms with Crippen LogP contribution in [0.1, 0.15) is 17.9 Å². The molecular formula is C17H19Cl2NO. The average Bonchev–Trinajstić information content (AvgIpc) is 2.49. The highest BCUT2D eigenvalue weighted by molar-refractivity contribution is 6.30. The van der Waals surface area contributed by atoms with Crippen molar-refractivity contribution in [3.05, 3.63) is 65.2 Å². The van der Waals surface area contributed by atoms with Gasteiger partial charge in [-0.3, -0.25) is 0 Å². The van der Waals surface area contributed by atoms with E-state index in [-0.39, 0.29) is 18.5 Å². The van der Waals surface area contributed by atoms with Gasteiger partial charge in [-0.15, -0.1) is 12.4 Å². The molecule has 0 amide bonds. The second kappa shape index (κ2) is 7.69. The summed E-state index contributed by atoms with van der Waals surface area (Å²) in [4.78, 5) is 0. The molecule has 0 aromatic heterocycles. The lowest BCUT2D eigenvalue weighted by atomic mass is 9.89. The van der Waals surface area contributed by atoms with Gasteiger partial charge < -0.3 is 10.1 Å². The van der Waals surface area contributed by atoms with Crippen LogP contribution in [0.4, 0.5) is 0 Å². The molecule has 0 saturated carbocycles. The van der Waals surface area contributed by atoms with E-state index in [2.05, 4.69) is 29.6 Å². The van der Waals surface area contributed by atoms with Crippen LogP contribution in [0.15, 0.2) is 54.6 Å². The first-order valence-electron chi connectivity index (χ1n) is 7.01. The van der Waals surface area contributed by atoms with Gasteiger partial charge in [-0.1, -0.05) is 48.0 Å². The van der Waals surface area contributed by atoms with Gasteiger partial charge in [0, 0.05) is 17.5 Å². The Morgan fingerprint density at radius 3 is 2.62 bits per heavy atom. The molecule has 0 unspecified atom stereocenters. The SMILES string of the molecule is Cl.Clc1cccc(O[C@H]2CCNC[C@@H]2c2ccccc2)c1. The van der Waals surface area contributed by atoms with E-state index < -0.39 is 0 Å². The first-order chi connectivity index (χ1) is 9.83. The average molecular weight is 324 g/mol. The Morgan fingerprint density at radius 2 is 1.86 bits per heavy atom. The number of rotatable bonds is 3. The van der Waals surface area contributed by atoms with Gasteiger partial charge in [-0.05, 0) is 36.7 Å². The van der Waals surface area contributed by atoms with Crippen molar-refractivity contribution in [3.8, 4) is 5.75 Å². The van der Waals surface area contributed by atoms with E-state index in [0.717, 1.165) is 25.3 Å². The highest BCUT2D eigenvalue weighted by Gasteiger charge is 2.27. The van der Waals surface area contributed by atoms with Gasteiger partial charge in [0.05, 0.1) is 0 Å². The van der Waals surface area contributed by atoms with Gasteiger partial charge in [0.25, 0.3) is 0 Å². The summed E-state index contributed by atoms with van der Waals surface area (Å²) < 4.78 is 6.18. The standard InChI is InChI=1S/C17H18ClNO.ClH/c18-14-7-4-8-15(11-14)20-17-9-10-19-12-16(17)13-5-2-1-3-6-13;/h1-8,11,16-17,19H,9-10,12H2;1H/t16-,17+;/m1./s1. The summed E-state index contributed by atoms with van der Waals surface area (Å²) in [5.41, 5.74) is 1.33. The van der Waals surface area contributed by atoms with Crippen LogP contribution in [0.3, 0.4) is 0 Å². The molecule has 21 heavy (non-hydrogen) atoms. The smallest absolute Gasteiger partial charge is 0.121 e. The molecule has 2 aromatic rings. The second-order valence-electron chi connectivity index (χ2n) is 5.12. The number of hydrogen-bond acceptors (Lipinski definition) is 2. The maximum Gasteiger partial charge on any atom is 0.121 e. The third-order valence-electron chi connectivity index (χ3n) is 3.73. The van der Waals surface area contributed by atoms with Crippen LogP contribution in [-0.2, 0) is 0 Å². The molecule has 1 saturated heterocycles. The number of ether oxygens (including phenoxy) is 1. The number of piperidine rings is 1. The normalized spacial score (nSPS) is 21.4. The molecule has 2 atom stereocenters. The monoisotopic (exact) mass is 323 g/mol. The van der Waals surface area contributed by atoms with Crippen molar-refractivity contribution in [1.29, 1.82) is 0 Å². The Labute approximate surface area is 136 Å². The van der Waals surface area contributed by atoms with Crippen molar-refractivity contribution in [3.63, 3.8) is 0 Å². The summed E-state index contributed by atoms with van der Waals surface area (Å²) >= 11 is 6.02. The van der Waals surface area contributed by atoms with Crippen LogP contribution >= 0.6 is 24.0 Å². The quantitative estimate of drug-likeness (QED) is 0.909. The number of hydrogen-bond donors (Lipinski definition) is 1. The van der Waals surface area contributed by atoms with Crippen molar-refractivity contribution in [1.82, 2.24) is 5.32 Å². The lowest BCUT2D eigenvalue weighted by Crippen LogP contribution is -2.41. The maximum absolute atomic E-state index is 6.18. The minimum Gasteiger partial charge on any atom is -0.490 e. The molecule has 0 radical (unpaired) electrons.